The lowest BCUT2D eigenvalue weighted by atomic mass is 10.2. The molecule has 0 saturated heterocycles. The molecule has 172 valence electrons. The van der Waals surface area contributed by atoms with Crippen LogP contribution in [-0.4, -0.2) is 40.9 Å². The van der Waals surface area contributed by atoms with Crippen LogP contribution in [0.3, 0.4) is 0 Å². The molecule has 33 heavy (non-hydrogen) atoms. The van der Waals surface area contributed by atoms with E-state index < -0.39 is 0 Å². The fourth-order valence-electron chi connectivity index (χ4n) is 3.47. The van der Waals surface area contributed by atoms with Crippen LogP contribution in [0.4, 0.5) is 5.13 Å². The molecular formula is C25H28N4O3S. The van der Waals surface area contributed by atoms with Crippen molar-refractivity contribution in [3.8, 4) is 11.5 Å². The van der Waals surface area contributed by atoms with Crippen molar-refractivity contribution in [2.45, 2.75) is 32.7 Å². The zero-order chi connectivity index (χ0) is 23.0. The van der Waals surface area contributed by atoms with Gasteiger partial charge in [0.15, 0.2) is 5.13 Å². The molecule has 7 nitrogen and oxygen atoms in total. The number of fused-ring (bicyclic) bond motifs is 1. The lowest BCUT2D eigenvalue weighted by Gasteiger charge is -2.20. The molecule has 0 unspecified atom stereocenters. The number of unbranched alkanes of at least 4 members (excludes halogenated alkanes) is 2. The van der Waals surface area contributed by atoms with Gasteiger partial charge in [0.2, 0.25) is 0 Å². The highest BCUT2D eigenvalue weighted by Crippen LogP contribution is 2.32. The Kier molecular flexibility index (Phi) is 7.57. The number of anilines is 1. The number of ether oxygens (including phenoxy) is 2. The summed E-state index contributed by atoms with van der Waals surface area (Å²) in [5.74, 6) is 1.35. The molecule has 0 bridgehead atoms. The summed E-state index contributed by atoms with van der Waals surface area (Å²) in [6, 6.07) is 15.0. The molecule has 0 aliphatic heterocycles. The summed E-state index contributed by atoms with van der Waals surface area (Å²) in [4.78, 5) is 20.1. The average Bonchev–Trinajstić information content (AvgIpc) is 3.51. The molecule has 4 rings (SSSR count). The van der Waals surface area contributed by atoms with Gasteiger partial charge in [-0.25, -0.2) is 4.98 Å². The van der Waals surface area contributed by atoms with Gasteiger partial charge >= 0.3 is 0 Å². The summed E-state index contributed by atoms with van der Waals surface area (Å²) in [5, 5.41) is 4.91. The molecule has 1 amide bonds. The number of carbonyl (C=O) groups is 1. The van der Waals surface area contributed by atoms with Crippen molar-refractivity contribution >= 4 is 32.6 Å². The third-order valence-corrected chi connectivity index (χ3v) is 6.31. The Hall–Kier alpha value is -3.39. The molecule has 0 aliphatic carbocycles. The molecule has 2 heterocycles. The quantitative estimate of drug-likeness (QED) is 0.277. The van der Waals surface area contributed by atoms with Crippen LogP contribution >= 0.6 is 11.3 Å². The van der Waals surface area contributed by atoms with Gasteiger partial charge < -0.3 is 9.47 Å². The van der Waals surface area contributed by atoms with Crippen molar-refractivity contribution in [2.24, 2.45) is 0 Å². The summed E-state index contributed by atoms with van der Waals surface area (Å²) in [6.45, 7) is 3.81. The van der Waals surface area contributed by atoms with Crippen LogP contribution in [-0.2, 0) is 6.54 Å². The first-order valence-corrected chi connectivity index (χ1v) is 12.0. The van der Waals surface area contributed by atoms with Crippen LogP contribution in [0.15, 0.2) is 60.9 Å². The molecule has 0 radical (unpaired) electrons. The van der Waals surface area contributed by atoms with E-state index in [2.05, 4.69) is 12.0 Å². The van der Waals surface area contributed by atoms with Crippen molar-refractivity contribution in [2.75, 3.05) is 25.2 Å². The maximum absolute atomic E-state index is 13.6. The van der Waals surface area contributed by atoms with Gasteiger partial charge in [-0.2, -0.15) is 5.10 Å². The fraction of sp³-hybridized carbons (Fsp3) is 0.320. The summed E-state index contributed by atoms with van der Waals surface area (Å²) >= 11 is 1.47. The number of carbonyl (C=O) groups excluding carboxylic acids is 1. The Morgan fingerprint density at radius 1 is 1.12 bits per heavy atom. The maximum Gasteiger partial charge on any atom is 0.260 e. The van der Waals surface area contributed by atoms with Crippen molar-refractivity contribution in [1.29, 1.82) is 0 Å². The Morgan fingerprint density at radius 3 is 2.82 bits per heavy atom. The Morgan fingerprint density at radius 2 is 2.03 bits per heavy atom. The monoisotopic (exact) mass is 464 g/mol. The normalized spacial score (nSPS) is 11.0. The summed E-state index contributed by atoms with van der Waals surface area (Å²) in [7, 11) is 1.64. The number of rotatable bonds is 11. The molecule has 0 atom stereocenters. The predicted octanol–water partition coefficient (Wildman–Crippen LogP) is 5.42. The average molecular weight is 465 g/mol. The Labute approximate surface area is 197 Å². The minimum absolute atomic E-state index is 0.118. The Bertz CT molecular complexity index is 1190. The van der Waals surface area contributed by atoms with E-state index in [9.17, 15) is 4.79 Å². The zero-order valence-electron chi connectivity index (χ0n) is 18.9. The smallest absolute Gasteiger partial charge is 0.260 e. The van der Waals surface area contributed by atoms with Crippen LogP contribution in [0.2, 0.25) is 0 Å². The third kappa shape index (κ3) is 5.70. The molecule has 2 aromatic carbocycles. The van der Waals surface area contributed by atoms with Gasteiger partial charge in [0.25, 0.3) is 5.91 Å². The van der Waals surface area contributed by atoms with E-state index in [0.717, 1.165) is 35.2 Å². The van der Waals surface area contributed by atoms with E-state index >= 15 is 0 Å². The van der Waals surface area contributed by atoms with Crippen molar-refractivity contribution in [3.63, 3.8) is 0 Å². The summed E-state index contributed by atoms with van der Waals surface area (Å²) in [6.07, 6.45) is 6.88. The Balaban J connectivity index is 1.59. The van der Waals surface area contributed by atoms with Gasteiger partial charge in [-0.3, -0.25) is 14.4 Å². The van der Waals surface area contributed by atoms with E-state index in [1.165, 1.54) is 11.3 Å². The van der Waals surface area contributed by atoms with Gasteiger partial charge in [-0.1, -0.05) is 37.2 Å². The number of amides is 1. The topological polar surface area (TPSA) is 69.5 Å². The zero-order valence-corrected chi connectivity index (χ0v) is 19.8. The SMILES string of the molecule is CCCCCOc1cccc(C(=O)N(CCn2cccn2)c2nc3ccc(OC)cc3s2)c1. The van der Waals surface area contributed by atoms with Crippen molar-refractivity contribution < 1.29 is 14.3 Å². The minimum Gasteiger partial charge on any atom is -0.497 e. The van der Waals surface area contributed by atoms with Crippen molar-refractivity contribution in [1.82, 2.24) is 14.8 Å². The predicted molar refractivity (Wildman–Crippen MR) is 132 cm³/mol. The van der Waals surface area contributed by atoms with Crippen LogP contribution in [0.25, 0.3) is 10.2 Å². The molecule has 2 aromatic heterocycles. The number of methoxy groups -OCH3 is 1. The highest BCUT2D eigenvalue weighted by atomic mass is 32.1. The van der Waals surface area contributed by atoms with Gasteiger partial charge in [0, 0.05) is 24.5 Å². The second-order valence-corrected chi connectivity index (χ2v) is 8.65. The van der Waals surface area contributed by atoms with E-state index in [1.54, 1.807) is 18.2 Å². The van der Waals surface area contributed by atoms with Gasteiger partial charge in [-0.05, 0) is 48.9 Å². The van der Waals surface area contributed by atoms with Gasteiger partial charge in [-0.15, -0.1) is 0 Å². The van der Waals surface area contributed by atoms with E-state index in [1.807, 2.05) is 59.4 Å². The maximum atomic E-state index is 13.6. The standard InChI is InChI=1S/C25H28N4O3S/c1-3-4-5-16-32-21-9-6-8-19(17-21)24(30)29(15-14-28-13-7-12-26-28)25-27-22-11-10-20(31-2)18-23(22)33-25/h6-13,17-18H,3-5,14-16H2,1-2H3. The van der Waals surface area contributed by atoms with Crippen LogP contribution in [0.5, 0.6) is 11.5 Å². The minimum atomic E-state index is -0.118. The number of thiazole rings is 1. The number of benzene rings is 2. The molecule has 0 aliphatic rings. The van der Waals surface area contributed by atoms with Crippen molar-refractivity contribution in [3.05, 3.63) is 66.5 Å². The first kappa shape index (κ1) is 22.8. The molecule has 0 spiro atoms. The summed E-state index contributed by atoms with van der Waals surface area (Å²) in [5.41, 5.74) is 1.40. The number of aromatic nitrogens is 3. The van der Waals surface area contributed by atoms with E-state index in [0.29, 0.717) is 36.1 Å². The first-order chi connectivity index (χ1) is 16.2. The molecule has 0 N–H and O–H groups in total. The fourth-order valence-corrected chi connectivity index (χ4v) is 4.49. The lowest BCUT2D eigenvalue weighted by Crippen LogP contribution is -2.34. The van der Waals surface area contributed by atoms with Crippen LogP contribution in [0.1, 0.15) is 36.5 Å². The number of nitrogens with zero attached hydrogens (tertiary/aromatic N) is 4. The second-order valence-electron chi connectivity index (χ2n) is 7.64. The summed E-state index contributed by atoms with van der Waals surface area (Å²) < 4.78 is 14.0. The molecule has 4 aromatic rings. The number of hydrogen-bond acceptors (Lipinski definition) is 6. The lowest BCUT2D eigenvalue weighted by molar-refractivity contribution is 0.0985. The van der Waals surface area contributed by atoms with Gasteiger partial charge in [0.05, 0.1) is 30.5 Å². The second kappa shape index (κ2) is 11.0. The van der Waals surface area contributed by atoms with Crippen LogP contribution in [0, 0.1) is 0 Å². The van der Waals surface area contributed by atoms with E-state index in [4.69, 9.17) is 14.5 Å². The van der Waals surface area contributed by atoms with Gasteiger partial charge in [0.1, 0.15) is 11.5 Å². The first-order valence-electron chi connectivity index (χ1n) is 11.1. The van der Waals surface area contributed by atoms with E-state index in [-0.39, 0.29) is 5.91 Å². The largest absolute Gasteiger partial charge is 0.497 e. The molecule has 8 heteroatoms. The molecular weight excluding hydrogens is 436 g/mol. The highest BCUT2D eigenvalue weighted by Gasteiger charge is 2.22. The third-order valence-electron chi connectivity index (χ3n) is 5.27. The highest BCUT2D eigenvalue weighted by molar-refractivity contribution is 7.22. The molecule has 0 saturated carbocycles. The molecule has 0 fully saturated rings. The number of hydrogen-bond donors (Lipinski definition) is 0. The van der Waals surface area contributed by atoms with Crippen LogP contribution < -0.4 is 14.4 Å².